The largest absolute Gasteiger partial charge is 0.467 e. The number of anilines is 1. The highest BCUT2D eigenvalue weighted by molar-refractivity contribution is 7.98. The van der Waals surface area contributed by atoms with Crippen molar-refractivity contribution in [3.05, 3.63) is 0 Å². The van der Waals surface area contributed by atoms with E-state index in [4.69, 9.17) is 9.47 Å². The molecule has 0 bridgehead atoms. The van der Waals surface area contributed by atoms with E-state index in [1.165, 1.54) is 39.2 Å². The van der Waals surface area contributed by atoms with Crippen LogP contribution in [-0.4, -0.2) is 47.7 Å². The predicted octanol–water partition coefficient (Wildman–Crippen LogP) is 2.22. The van der Waals surface area contributed by atoms with Crippen LogP contribution in [0.1, 0.15) is 25.7 Å². The number of hydrogen-bond donors (Lipinski definition) is 1. The van der Waals surface area contributed by atoms with Gasteiger partial charge in [-0.1, -0.05) is 12.8 Å². The molecule has 0 aliphatic rings. The lowest BCUT2D eigenvalue weighted by molar-refractivity contribution is 0.341. The molecule has 1 heterocycles. The van der Waals surface area contributed by atoms with Gasteiger partial charge in [-0.15, -0.1) is 4.98 Å². The second kappa shape index (κ2) is 9.66. The van der Waals surface area contributed by atoms with Gasteiger partial charge in [0.1, 0.15) is 0 Å². The van der Waals surface area contributed by atoms with Crippen molar-refractivity contribution in [2.75, 3.05) is 38.1 Å². The highest BCUT2D eigenvalue weighted by atomic mass is 32.2. The molecular weight excluding hydrogens is 264 g/mol. The third-order valence-corrected chi connectivity index (χ3v) is 3.21. The lowest BCUT2D eigenvalue weighted by atomic mass is 10.2. The lowest BCUT2D eigenvalue weighted by Gasteiger charge is -2.07. The molecule has 0 unspecified atom stereocenters. The molecule has 0 amide bonds. The van der Waals surface area contributed by atoms with Gasteiger partial charge in [-0.05, 0) is 24.9 Å². The van der Waals surface area contributed by atoms with E-state index in [1.54, 1.807) is 0 Å². The van der Waals surface area contributed by atoms with Crippen LogP contribution >= 0.6 is 11.8 Å². The molecule has 0 saturated heterocycles. The average molecular weight is 286 g/mol. The third-order valence-electron chi connectivity index (χ3n) is 2.52. The van der Waals surface area contributed by atoms with E-state index >= 15 is 0 Å². The number of rotatable bonds is 10. The zero-order valence-corrected chi connectivity index (χ0v) is 12.6. The first-order valence-corrected chi connectivity index (χ1v) is 7.76. The molecule has 0 aliphatic carbocycles. The summed E-state index contributed by atoms with van der Waals surface area (Å²) in [6.45, 7) is 0.843. The first-order chi connectivity index (χ1) is 9.30. The molecule has 1 aromatic rings. The van der Waals surface area contributed by atoms with Crippen LogP contribution < -0.4 is 14.8 Å². The first kappa shape index (κ1) is 15.8. The molecule has 19 heavy (non-hydrogen) atoms. The van der Waals surface area contributed by atoms with Crippen molar-refractivity contribution in [1.82, 2.24) is 15.0 Å². The fourth-order valence-electron chi connectivity index (χ4n) is 1.52. The number of aromatic nitrogens is 3. The van der Waals surface area contributed by atoms with Crippen LogP contribution in [-0.2, 0) is 0 Å². The van der Waals surface area contributed by atoms with E-state index < -0.39 is 0 Å². The van der Waals surface area contributed by atoms with Crippen LogP contribution in [0.3, 0.4) is 0 Å². The van der Waals surface area contributed by atoms with E-state index in [-0.39, 0.29) is 12.0 Å². The minimum Gasteiger partial charge on any atom is -0.467 e. The maximum atomic E-state index is 4.98. The Kier molecular flexibility index (Phi) is 8.04. The second-order valence-electron chi connectivity index (χ2n) is 3.97. The summed E-state index contributed by atoms with van der Waals surface area (Å²) in [6, 6.07) is 0.517. The summed E-state index contributed by atoms with van der Waals surface area (Å²) in [5.74, 6) is 1.74. The lowest BCUT2D eigenvalue weighted by Crippen LogP contribution is -2.08. The van der Waals surface area contributed by atoms with Gasteiger partial charge in [-0.3, -0.25) is 0 Å². The Balaban J connectivity index is 2.28. The Labute approximate surface area is 118 Å². The Hall–Kier alpha value is -1.24. The fraction of sp³-hybridized carbons (Fsp3) is 0.750. The highest BCUT2D eigenvalue weighted by Crippen LogP contribution is 2.12. The summed E-state index contributed by atoms with van der Waals surface area (Å²) in [4.78, 5) is 12.2. The second-order valence-corrected chi connectivity index (χ2v) is 4.95. The summed E-state index contributed by atoms with van der Waals surface area (Å²) in [7, 11) is 3.04. The monoisotopic (exact) mass is 286 g/mol. The molecule has 1 rings (SSSR count). The number of ether oxygens (including phenoxy) is 2. The molecular formula is C12H22N4O2S. The smallest absolute Gasteiger partial charge is 0.324 e. The van der Waals surface area contributed by atoms with Gasteiger partial charge in [-0.2, -0.15) is 21.7 Å². The van der Waals surface area contributed by atoms with Crippen molar-refractivity contribution in [3.63, 3.8) is 0 Å². The molecule has 1 N–H and O–H groups in total. The van der Waals surface area contributed by atoms with Gasteiger partial charge < -0.3 is 14.8 Å². The molecule has 0 aliphatic heterocycles. The zero-order chi connectivity index (χ0) is 13.9. The maximum Gasteiger partial charge on any atom is 0.324 e. The van der Waals surface area contributed by atoms with E-state index in [2.05, 4.69) is 26.5 Å². The summed E-state index contributed by atoms with van der Waals surface area (Å²) in [5, 5.41) is 3.16. The van der Waals surface area contributed by atoms with Crippen LogP contribution in [0, 0.1) is 0 Å². The minimum absolute atomic E-state index is 0.259. The van der Waals surface area contributed by atoms with Crippen molar-refractivity contribution in [1.29, 1.82) is 0 Å². The standard InChI is InChI=1S/C12H22N4O2S/c1-17-11-14-10(15-12(16-11)18-2)13-8-6-4-5-7-9-19-3/h4-9H2,1-3H3,(H,13,14,15,16). The molecule has 0 saturated carbocycles. The van der Waals surface area contributed by atoms with Gasteiger partial charge in [0.2, 0.25) is 5.95 Å². The summed E-state index contributed by atoms with van der Waals surface area (Å²) < 4.78 is 9.97. The molecule has 108 valence electrons. The molecule has 7 heteroatoms. The van der Waals surface area contributed by atoms with Crippen LogP contribution in [0.25, 0.3) is 0 Å². The summed E-state index contributed by atoms with van der Waals surface area (Å²) in [5.41, 5.74) is 0. The van der Waals surface area contributed by atoms with Gasteiger partial charge in [-0.25, -0.2) is 0 Å². The van der Waals surface area contributed by atoms with Gasteiger partial charge in [0.05, 0.1) is 14.2 Å². The van der Waals surface area contributed by atoms with Crippen molar-refractivity contribution >= 4 is 17.7 Å². The van der Waals surface area contributed by atoms with E-state index in [0.717, 1.165) is 13.0 Å². The summed E-state index contributed by atoms with van der Waals surface area (Å²) in [6.07, 6.45) is 7.02. The Bertz CT molecular complexity index is 343. The van der Waals surface area contributed by atoms with Crippen molar-refractivity contribution < 1.29 is 9.47 Å². The zero-order valence-electron chi connectivity index (χ0n) is 11.8. The predicted molar refractivity (Wildman–Crippen MR) is 78.3 cm³/mol. The Morgan fingerprint density at radius 1 is 0.947 bits per heavy atom. The molecule has 0 aromatic carbocycles. The number of methoxy groups -OCH3 is 2. The normalized spacial score (nSPS) is 10.3. The van der Waals surface area contributed by atoms with Gasteiger partial charge >= 0.3 is 12.0 Å². The van der Waals surface area contributed by atoms with Gasteiger partial charge in [0.15, 0.2) is 0 Å². The van der Waals surface area contributed by atoms with Crippen molar-refractivity contribution in [3.8, 4) is 12.0 Å². The Morgan fingerprint density at radius 2 is 1.58 bits per heavy atom. The summed E-state index contributed by atoms with van der Waals surface area (Å²) >= 11 is 1.90. The van der Waals surface area contributed by atoms with Crippen LogP contribution in [0.2, 0.25) is 0 Å². The molecule has 1 aromatic heterocycles. The fourth-order valence-corrected chi connectivity index (χ4v) is 2.02. The first-order valence-electron chi connectivity index (χ1n) is 6.37. The van der Waals surface area contributed by atoms with Crippen molar-refractivity contribution in [2.45, 2.75) is 25.7 Å². The number of nitrogens with zero attached hydrogens (tertiary/aromatic N) is 3. The van der Waals surface area contributed by atoms with E-state index in [0.29, 0.717) is 5.95 Å². The quantitative estimate of drug-likeness (QED) is 0.661. The molecule has 0 radical (unpaired) electrons. The SMILES string of the molecule is COc1nc(NCCCCCCSC)nc(OC)n1. The third kappa shape index (κ3) is 6.47. The maximum absolute atomic E-state index is 4.98. The topological polar surface area (TPSA) is 69.2 Å². The van der Waals surface area contributed by atoms with Crippen LogP contribution in [0.4, 0.5) is 5.95 Å². The molecule has 0 spiro atoms. The number of thioether (sulfide) groups is 1. The number of unbranched alkanes of at least 4 members (excludes halogenated alkanes) is 3. The molecule has 6 nitrogen and oxygen atoms in total. The van der Waals surface area contributed by atoms with Gasteiger partial charge in [0.25, 0.3) is 0 Å². The van der Waals surface area contributed by atoms with Crippen molar-refractivity contribution in [2.24, 2.45) is 0 Å². The van der Waals surface area contributed by atoms with Gasteiger partial charge in [0, 0.05) is 6.54 Å². The average Bonchev–Trinajstić information content (AvgIpc) is 2.45. The number of hydrogen-bond acceptors (Lipinski definition) is 7. The van der Waals surface area contributed by atoms with E-state index in [9.17, 15) is 0 Å². The number of nitrogens with one attached hydrogen (secondary N) is 1. The highest BCUT2D eigenvalue weighted by Gasteiger charge is 2.05. The van der Waals surface area contributed by atoms with Crippen LogP contribution in [0.15, 0.2) is 0 Å². The molecule has 0 atom stereocenters. The minimum atomic E-state index is 0.259. The van der Waals surface area contributed by atoms with E-state index in [1.807, 2.05) is 11.8 Å². The molecule has 0 fully saturated rings. The van der Waals surface area contributed by atoms with Crippen LogP contribution in [0.5, 0.6) is 12.0 Å². The Morgan fingerprint density at radius 3 is 2.16 bits per heavy atom.